The van der Waals surface area contributed by atoms with Crippen molar-refractivity contribution in [2.24, 2.45) is 5.73 Å². The average Bonchev–Trinajstić information content (AvgIpc) is 2.18. The number of ether oxygens (including phenoxy) is 1. The minimum absolute atomic E-state index is 0.123. The molecular formula is C9H11N3O. The Morgan fingerprint density at radius 1 is 1.77 bits per heavy atom. The van der Waals surface area contributed by atoms with E-state index < -0.39 is 0 Å². The maximum absolute atomic E-state index is 8.70. The van der Waals surface area contributed by atoms with Gasteiger partial charge in [0.1, 0.15) is 17.7 Å². The van der Waals surface area contributed by atoms with Gasteiger partial charge in [0.25, 0.3) is 0 Å². The van der Waals surface area contributed by atoms with Crippen LogP contribution in [-0.4, -0.2) is 17.6 Å². The summed E-state index contributed by atoms with van der Waals surface area (Å²) in [5.41, 5.74) is 5.81. The van der Waals surface area contributed by atoms with Crippen molar-refractivity contribution in [3.05, 3.63) is 23.9 Å². The van der Waals surface area contributed by atoms with Crippen LogP contribution >= 0.6 is 0 Å². The highest BCUT2D eigenvalue weighted by Crippen LogP contribution is 2.13. The van der Waals surface area contributed by atoms with E-state index in [9.17, 15) is 0 Å². The van der Waals surface area contributed by atoms with E-state index in [0.717, 1.165) is 0 Å². The molecule has 1 rings (SSSR count). The highest BCUT2D eigenvalue weighted by Gasteiger charge is 2.06. The van der Waals surface area contributed by atoms with Crippen LogP contribution in [0.25, 0.3) is 0 Å². The molecule has 0 saturated carbocycles. The fraction of sp³-hybridized carbons (Fsp3) is 0.333. The Morgan fingerprint density at radius 2 is 2.54 bits per heavy atom. The molecule has 68 valence electrons. The van der Waals surface area contributed by atoms with Crippen LogP contribution in [0.3, 0.4) is 0 Å². The van der Waals surface area contributed by atoms with Gasteiger partial charge in [0.2, 0.25) is 5.88 Å². The highest BCUT2D eigenvalue weighted by molar-refractivity contribution is 5.37. The smallest absolute Gasteiger partial charge is 0.231 e. The summed E-state index contributed by atoms with van der Waals surface area (Å²) in [5, 5.41) is 8.70. The normalized spacial score (nSPS) is 11.8. The maximum atomic E-state index is 8.70. The number of hydrogen-bond acceptors (Lipinski definition) is 4. The molecule has 4 heteroatoms. The van der Waals surface area contributed by atoms with Crippen LogP contribution in [0.2, 0.25) is 0 Å². The molecular weight excluding hydrogens is 166 g/mol. The SMILES string of the molecule is CC(CN)Oc1ncccc1C#N. The molecule has 0 fully saturated rings. The summed E-state index contributed by atoms with van der Waals surface area (Å²) in [7, 11) is 0. The molecule has 13 heavy (non-hydrogen) atoms. The van der Waals surface area contributed by atoms with Gasteiger partial charge >= 0.3 is 0 Å². The highest BCUT2D eigenvalue weighted by atomic mass is 16.5. The lowest BCUT2D eigenvalue weighted by Gasteiger charge is -2.11. The van der Waals surface area contributed by atoms with E-state index >= 15 is 0 Å². The van der Waals surface area contributed by atoms with Crippen LogP contribution in [0.4, 0.5) is 0 Å². The Labute approximate surface area is 77.0 Å². The summed E-state index contributed by atoms with van der Waals surface area (Å²) in [6.07, 6.45) is 1.46. The molecule has 1 heterocycles. The van der Waals surface area contributed by atoms with Crippen molar-refractivity contribution in [3.8, 4) is 11.9 Å². The van der Waals surface area contributed by atoms with E-state index in [4.69, 9.17) is 15.7 Å². The van der Waals surface area contributed by atoms with Gasteiger partial charge in [-0.05, 0) is 19.1 Å². The molecule has 0 radical (unpaired) electrons. The Bertz CT molecular complexity index is 319. The molecule has 1 aromatic rings. The van der Waals surface area contributed by atoms with Crippen LogP contribution in [0.5, 0.6) is 5.88 Å². The lowest BCUT2D eigenvalue weighted by Crippen LogP contribution is -2.23. The van der Waals surface area contributed by atoms with Crippen molar-refractivity contribution in [1.82, 2.24) is 4.98 Å². The Kier molecular flexibility index (Phi) is 3.23. The molecule has 1 aromatic heterocycles. The second-order valence-electron chi connectivity index (χ2n) is 2.63. The number of pyridine rings is 1. The topological polar surface area (TPSA) is 71.9 Å². The number of aromatic nitrogens is 1. The van der Waals surface area contributed by atoms with E-state index in [0.29, 0.717) is 18.0 Å². The minimum Gasteiger partial charge on any atom is -0.472 e. The van der Waals surface area contributed by atoms with E-state index in [1.54, 1.807) is 18.3 Å². The van der Waals surface area contributed by atoms with Gasteiger partial charge in [0.15, 0.2) is 0 Å². The molecule has 1 unspecified atom stereocenters. The number of nitrogens with zero attached hydrogens (tertiary/aromatic N) is 2. The third-order valence-electron chi connectivity index (χ3n) is 1.54. The predicted molar refractivity (Wildman–Crippen MR) is 48.1 cm³/mol. The third-order valence-corrected chi connectivity index (χ3v) is 1.54. The second-order valence-corrected chi connectivity index (χ2v) is 2.63. The number of rotatable bonds is 3. The molecule has 0 spiro atoms. The molecule has 4 nitrogen and oxygen atoms in total. The Hall–Kier alpha value is -1.60. The van der Waals surface area contributed by atoms with Crippen LogP contribution < -0.4 is 10.5 Å². The molecule has 2 N–H and O–H groups in total. The minimum atomic E-state index is -0.123. The van der Waals surface area contributed by atoms with E-state index in [-0.39, 0.29) is 6.10 Å². The maximum Gasteiger partial charge on any atom is 0.231 e. The zero-order valence-electron chi connectivity index (χ0n) is 7.40. The monoisotopic (exact) mass is 177 g/mol. The van der Waals surface area contributed by atoms with Gasteiger partial charge < -0.3 is 10.5 Å². The van der Waals surface area contributed by atoms with Gasteiger partial charge in [-0.25, -0.2) is 4.98 Å². The van der Waals surface area contributed by atoms with Crippen molar-refractivity contribution in [2.45, 2.75) is 13.0 Å². The van der Waals surface area contributed by atoms with Gasteiger partial charge in [0, 0.05) is 12.7 Å². The van der Waals surface area contributed by atoms with Crippen molar-refractivity contribution in [2.75, 3.05) is 6.54 Å². The first kappa shape index (κ1) is 9.49. The molecule has 0 aromatic carbocycles. The lowest BCUT2D eigenvalue weighted by atomic mass is 10.3. The van der Waals surface area contributed by atoms with Gasteiger partial charge in [-0.3, -0.25) is 0 Å². The van der Waals surface area contributed by atoms with Gasteiger partial charge in [0.05, 0.1) is 0 Å². The molecule has 0 aliphatic carbocycles. The van der Waals surface area contributed by atoms with Gasteiger partial charge in [-0.2, -0.15) is 5.26 Å². The Balaban J connectivity index is 2.82. The second kappa shape index (κ2) is 4.43. The standard InChI is InChI=1S/C9H11N3O/c1-7(5-10)13-9-8(6-11)3-2-4-12-9/h2-4,7H,5,10H2,1H3. The van der Waals surface area contributed by atoms with E-state index in [2.05, 4.69) is 4.98 Å². The largest absolute Gasteiger partial charge is 0.472 e. The average molecular weight is 177 g/mol. The summed E-state index contributed by atoms with van der Waals surface area (Å²) in [6.45, 7) is 2.23. The summed E-state index contributed by atoms with van der Waals surface area (Å²) in [6, 6.07) is 5.35. The molecule has 0 amide bonds. The number of nitrogens with two attached hydrogens (primary N) is 1. The van der Waals surface area contributed by atoms with Crippen molar-refractivity contribution in [1.29, 1.82) is 5.26 Å². The fourth-order valence-corrected chi connectivity index (χ4v) is 0.808. The summed E-state index contributed by atoms with van der Waals surface area (Å²) in [4.78, 5) is 3.94. The first-order valence-corrected chi connectivity index (χ1v) is 3.99. The van der Waals surface area contributed by atoms with Crippen molar-refractivity contribution in [3.63, 3.8) is 0 Å². The molecule has 0 aliphatic rings. The van der Waals surface area contributed by atoms with E-state index in [1.807, 2.05) is 13.0 Å². The van der Waals surface area contributed by atoms with Gasteiger partial charge in [-0.1, -0.05) is 0 Å². The van der Waals surface area contributed by atoms with Crippen LogP contribution in [0.1, 0.15) is 12.5 Å². The van der Waals surface area contributed by atoms with E-state index in [1.165, 1.54) is 0 Å². The first-order valence-electron chi connectivity index (χ1n) is 3.99. The third kappa shape index (κ3) is 2.42. The summed E-state index contributed by atoms with van der Waals surface area (Å²) < 4.78 is 5.33. The van der Waals surface area contributed by atoms with Crippen LogP contribution in [0, 0.1) is 11.3 Å². The van der Waals surface area contributed by atoms with Crippen molar-refractivity contribution >= 4 is 0 Å². The molecule has 0 bridgehead atoms. The van der Waals surface area contributed by atoms with Crippen LogP contribution in [-0.2, 0) is 0 Å². The zero-order chi connectivity index (χ0) is 9.68. The fourth-order valence-electron chi connectivity index (χ4n) is 0.808. The van der Waals surface area contributed by atoms with Crippen LogP contribution in [0.15, 0.2) is 18.3 Å². The summed E-state index contributed by atoms with van der Waals surface area (Å²) in [5.74, 6) is 0.350. The predicted octanol–water partition coefficient (Wildman–Crippen LogP) is 0.679. The quantitative estimate of drug-likeness (QED) is 0.736. The Morgan fingerprint density at radius 3 is 3.15 bits per heavy atom. The number of nitriles is 1. The molecule has 0 saturated heterocycles. The van der Waals surface area contributed by atoms with Crippen molar-refractivity contribution < 1.29 is 4.74 Å². The number of hydrogen-bond donors (Lipinski definition) is 1. The zero-order valence-corrected chi connectivity index (χ0v) is 7.40. The lowest BCUT2D eigenvalue weighted by molar-refractivity contribution is 0.220. The molecule has 0 aliphatic heterocycles. The summed E-state index contributed by atoms with van der Waals surface area (Å²) >= 11 is 0. The van der Waals surface area contributed by atoms with Gasteiger partial charge in [-0.15, -0.1) is 0 Å². The first-order chi connectivity index (χ1) is 6.27. The molecule has 1 atom stereocenters.